The number of benzene rings is 1. The summed E-state index contributed by atoms with van der Waals surface area (Å²) in [6.07, 6.45) is 3.68. The number of carbonyl (C=O) groups is 1. The van der Waals surface area contributed by atoms with Crippen LogP contribution in [0.5, 0.6) is 5.75 Å². The molecule has 25 heavy (non-hydrogen) atoms. The Morgan fingerprint density at radius 3 is 2.64 bits per heavy atom. The number of carbonyl (C=O) groups excluding carboxylic acids is 1. The minimum atomic E-state index is -0.619. The number of amides is 1. The Morgan fingerprint density at radius 1 is 1.24 bits per heavy atom. The molecule has 2 heterocycles. The van der Waals surface area contributed by atoms with Crippen molar-refractivity contribution in [2.75, 3.05) is 26.3 Å². The van der Waals surface area contributed by atoms with E-state index >= 15 is 0 Å². The molecule has 0 saturated carbocycles. The van der Waals surface area contributed by atoms with Crippen LogP contribution in [0.2, 0.25) is 0 Å². The van der Waals surface area contributed by atoms with Gasteiger partial charge in [-0.1, -0.05) is 19.1 Å². The van der Waals surface area contributed by atoms with Crippen LogP contribution in [0.15, 0.2) is 24.3 Å². The van der Waals surface area contributed by atoms with Gasteiger partial charge in [0.1, 0.15) is 5.75 Å². The molecule has 2 aliphatic rings. The third kappa shape index (κ3) is 3.82. The fourth-order valence-corrected chi connectivity index (χ4v) is 4.03. The standard InChI is InChI=1S/C20H29NO4/c1-3-19(23)11-14-25-20(15-19)9-12-21(13-10-20)18(22)16-7-5-6-8-17(16)24-4-2/h5-8,23H,3-4,9-15H2,1-2H3. The zero-order chi connectivity index (χ0) is 17.9. The lowest BCUT2D eigenvalue weighted by atomic mass is 9.76. The lowest BCUT2D eigenvalue weighted by Crippen LogP contribution is -2.55. The van der Waals surface area contributed by atoms with Gasteiger partial charge in [-0.05, 0) is 44.7 Å². The smallest absolute Gasteiger partial charge is 0.257 e. The van der Waals surface area contributed by atoms with Gasteiger partial charge in [-0.3, -0.25) is 4.79 Å². The molecule has 2 saturated heterocycles. The van der Waals surface area contributed by atoms with Crippen molar-refractivity contribution >= 4 is 5.91 Å². The van der Waals surface area contributed by atoms with Crippen molar-refractivity contribution in [2.24, 2.45) is 0 Å². The average molecular weight is 347 g/mol. The maximum Gasteiger partial charge on any atom is 0.257 e. The lowest BCUT2D eigenvalue weighted by Gasteiger charge is -2.49. The first-order valence-electron chi connectivity index (χ1n) is 9.38. The number of aliphatic hydroxyl groups is 1. The molecule has 1 aromatic rings. The monoisotopic (exact) mass is 347 g/mol. The summed E-state index contributed by atoms with van der Waals surface area (Å²) in [7, 11) is 0. The maximum atomic E-state index is 12.9. The molecule has 5 heteroatoms. The van der Waals surface area contributed by atoms with E-state index in [1.807, 2.05) is 43.0 Å². The second kappa shape index (κ2) is 7.34. The molecule has 0 aliphatic carbocycles. The quantitative estimate of drug-likeness (QED) is 0.910. The molecule has 5 nitrogen and oxygen atoms in total. The van der Waals surface area contributed by atoms with Crippen LogP contribution in [0.25, 0.3) is 0 Å². The van der Waals surface area contributed by atoms with Gasteiger partial charge in [-0.25, -0.2) is 0 Å². The van der Waals surface area contributed by atoms with Crippen LogP contribution in [0.1, 0.15) is 56.3 Å². The fraction of sp³-hybridized carbons (Fsp3) is 0.650. The second-order valence-electron chi connectivity index (χ2n) is 7.26. The second-order valence-corrected chi connectivity index (χ2v) is 7.26. The number of para-hydroxylation sites is 1. The summed E-state index contributed by atoms with van der Waals surface area (Å²) in [4.78, 5) is 14.8. The van der Waals surface area contributed by atoms with Gasteiger partial charge in [0.25, 0.3) is 5.91 Å². The molecular formula is C20H29NO4. The molecule has 3 rings (SSSR count). The number of hydrogen-bond donors (Lipinski definition) is 1. The molecule has 138 valence electrons. The van der Waals surface area contributed by atoms with E-state index in [-0.39, 0.29) is 11.5 Å². The highest BCUT2D eigenvalue weighted by Gasteiger charge is 2.46. The third-order valence-electron chi connectivity index (χ3n) is 5.66. The highest BCUT2D eigenvalue weighted by Crippen LogP contribution is 2.41. The SMILES string of the molecule is CCOc1ccccc1C(=O)N1CCC2(CC1)CC(O)(CC)CCO2. The van der Waals surface area contributed by atoms with Crippen LogP contribution in [0.4, 0.5) is 0 Å². The molecule has 2 aliphatic heterocycles. The number of piperidine rings is 1. The van der Waals surface area contributed by atoms with Gasteiger partial charge in [-0.15, -0.1) is 0 Å². The summed E-state index contributed by atoms with van der Waals surface area (Å²) >= 11 is 0. The summed E-state index contributed by atoms with van der Waals surface area (Å²) in [6, 6.07) is 7.42. The molecule has 1 atom stereocenters. The van der Waals surface area contributed by atoms with E-state index in [4.69, 9.17) is 9.47 Å². The zero-order valence-electron chi connectivity index (χ0n) is 15.3. The molecule has 2 fully saturated rings. The number of likely N-dealkylation sites (tertiary alicyclic amines) is 1. The van der Waals surface area contributed by atoms with E-state index < -0.39 is 5.60 Å². The van der Waals surface area contributed by atoms with E-state index in [0.717, 1.165) is 19.3 Å². The molecule has 1 spiro atoms. The van der Waals surface area contributed by atoms with Crippen LogP contribution in [0.3, 0.4) is 0 Å². The summed E-state index contributed by atoms with van der Waals surface area (Å²) in [6.45, 7) is 6.39. The zero-order valence-corrected chi connectivity index (χ0v) is 15.3. The van der Waals surface area contributed by atoms with Crippen molar-refractivity contribution in [1.82, 2.24) is 4.90 Å². The van der Waals surface area contributed by atoms with Crippen LogP contribution in [0, 0.1) is 0 Å². The largest absolute Gasteiger partial charge is 0.493 e. The molecule has 0 radical (unpaired) electrons. The highest BCUT2D eigenvalue weighted by molar-refractivity contribution is 5.97. The fourth-order valence-electron chi connectivity index (χ4n) is 4.03. The van der Waals surface area contributed by atoms with Crippen molar-refractivity contribution in [3.8, 4) is 5.75 Å². The normalized spacial score (nSPS) is 25.8. The molecule has 0 bridgehead atoms. The van der Waals surface area contributed by atoms with Crippen molar-refractivity contribution in [3.05, 3.63) is 29.8 Å². The van der Waals surface area contributed by atoms with Crippen molar-refractivity contribution in [1.29, 1.82) is 0 Å². The van der Waals surface area contributed by atoms with Crippen LogP contribution in [-0.2, 0) is 4.74 Å². The van der Waals surface area contributed by atoms with E-state index in [2.05, 4.69) is 0 Å². The minimum Gasteiger partial charge on any atom is -0.493 e. The molecule has 1 aromatic carbocycles. The number of nitrogens with zero attached hydrogens (tertiary/aromatic N) is 1. The van der Waals surface area contributed by atoms with E-state index in [9.17, 15) is 9.90 Å². The molecule has 0 aromatic heterocycles. The Kier molecular flexibility index (Phi) is 5.35. The summed E-state index contributed by atoms with van der Waals surface area (Å²) in [5.41, 5.74) is -0.277. The van der Waals surface area contributed by atoms with Crippen LogP contribution < -0.4 is 4.74 Å². The summed E-state index contributed by atoms with van der Waals surface area (Å²) in [5.74, 6) is 0.657. The van der Waals surface area contributed by atoms with Gasteiger partial charge in [0.2, 0.25) is 0 Å². The molecule has 1 unspecified atom stereocenters. The minimum absolute atomic E-state index is 0.0143. The van der Waals surface area contributed by atoms with Crippen LogP contribution >= 0.6 is 0 Å². The number of ether oxygens (including phenoxy) is 2. The first kappa shape index (κ1) is 18.2. The number of rotatable bonds is 4. The van der Waals surface area contributed by atoms with Crippen molar-refractivity contribution < 1.29 is 19.4 Å². The van der Waals surface area contributed by atoms with Gasteiger partial charge < -0.3 is 19.5 Å². The Morgan fingerprint density at radius 2 is 1.96 bits per heavy atom. The van der Waals surface area contributed by atoms with E-state index in [1.165, 1.54) is 0 Å². The van der Waals surface area contributed by atoms with Gasteiger partial charge >= 0.3 is 0 Å². The first-order chi connectivity index (χ1) is 12.0. The summed E-state index contributed by atoms with van der Waals surface area (Å²) < 4.78 is 11.7. The Hall–Kier alpha value is -1.59. The Labute approximate surface area is 149 Å². The predicted molar refractivity (Wildman–Crippen MR) is 95.9 cm³/mol. The lowest BCUT2D eigenvalue weighted by molar-refractivity contribution is -0.176. The molecular weight excluding hydrogens is 318 g/mol. The van der Waals surface area contributed by atoms with E-state index in [1.54, 1.807) is 0 Å². The maximum absolute atomic E-state index is 12.9. The number of hydrogen-bond acceptors (Lipinski definition) is 4. The Balaban J connectivity index is 1.67. The average Bonchev–Trinajstić information content (AvgIpc) is 2.63. The van der Waals surface area contributed by atoms with Crippen LogP contribution in [-0.4, -0.2) is 53.4 Å². The summed E-state index contributed by atoms with van der Waals surface area (Å²) in [5, 5.41) is 10.7. The Bertz CT molecular complexity index is 609. The van der Waals surface area contributed by atoms with Crippen molar-refractivity contribution in [2.45, 2.75) is 57.2 Å². The van der Waals surface area contributed by atoms with E-state index in [0.29, 0.717) is 50.5 Å². The molecule has 1 N–H and O–H groups in total. The van der Waals surface area contributed by atoms with Gasteiger partial charge in [0.05, 0.1) is 30.0 Å². The van der Waals surface area contributed by atoms with Gasteiger partial charge in [0.15, 0.2) is 0 Å². The third-order valence-corrected chi connectivity index (χ3v) is 5.66. The van der Waals surface area contributed by atoms with Crippen molar-refractivity contribution in [3.63, 3.8) is 0 Å². The first-order valence-corrected chi connectivity index (χ1v) is 9.38. The predicted octanol–water partition coefficient (Wildman–Crippen LogP) is 3.01. The highest BCUT2D eigenvalue weighted by atomic mass is 16.5. The molecule has 1 amide bonds. The topological polar surface area (TPSA) is 59.0 Å². The van der Waals surface area contributed by atoms with Gasteiger partial charge in [-0.2, -0.15) is 0 Å². The van der Waals surface area contributed by atoms with Gasteiger partial charge in [0, 0.05) is 19.5 Å².